The second-order valence-corrected chi connectivity index (χ2v) is 11.4. The molecule has 2 N–H and O–H groups in total. The van der Waals surface area contributed by atoms with E-state index >= 15 is 4.39 Å². The molecule has 1 amide bonds. The Morgan fingerprint density at radius 1 is 1.10 bits per heavy atom. The Balaban J connectivity index is 1.65. The molecule has 0 spiro atoms. The first-order chi connectivity index (χ1) is 18.6. The molecule has 1 heterocycles. The van der Waals surface area contributed by atoms with E-state index in [-0.39, 0.29) is 41.6 Å². The molecule has 5 rings (SSSR count). The lowest BCUT2D eigenvalue weighted by Gasteiger charge is -2.37. The summed E-state index contributed by atoms with van der Waals surface area (Å²) in [6.07, 6.45) is 0.819. The van der Waals surface area contributed by atoms with E-state index in [1.54, 1.807) is 44.2 Å². The van der Waals surface area contributed by atoms with Crippen molar-refractivity contribution in [2.45, 2.75) is 53.2 Å². The van der Waals surface area contributed by atoms with Crippen molar-refractivity contribution in [3.05, 3.63) is 94.9 Å². The number of hydrogen-bond acceptors (Lipinski definition) is 5. The van der Waals surface area contributed by atoms with E-state index in [0.717, 1.165) is 5.56 Å². The van der Waals surface area contributed by atoms with E-state index in [1.165, 1.54) is 11.0 Å². The number of para-hydroxylation sites is 1. The monoisotopic (exact) mass is 528 g/mol. The maximum absolute atomic E-state index is 15.5. The SMILES string of the molecule is CC(C)C(=O)N1c2cccc(O)c2NC2=C(C(=O)CC(C)(C)C2)C1c1ccc(OCc2ccccc2)c(F)c1. The van der Waals surface area contributed by atoms with Crippen molar-refractivity contribution in [1.29, 1.82) is 0 Å². The number of allylic oxidation sites excluding steroid dienone is 1. The molecule has 1 aliphatic carbocycles. The van der Waals surface area contributed by atoms with Gasteiger partial charge in [0.15, 0.2) is 17.3 Å². The van der Waals surface area contributed by atoms with E-state index in [4.69, 9.17) is 4.74 Å². The number of carbonyl (C=O) groups excluding carboxylic acids is 2. The topological polar surface area (TPSA) is 78.9 Å². The van der Waals surface area contributed by atoms with Crippen molar-refractivity contribution >= 4 is 23.1 Å². The predicted octanol–water partition coefficient (Wildman–Crippen LogP) is 6.91. The second-order valence-electron chi connectivity index (χ2n) is 11.4. The van der Waals surface area contributed by atoms with Gasteiger partial charge in [-0.2, -0.15) is 0 Å². The lowest BCUT2D eigenvalue weighted by molar-refractivity contribution is -0.122. The normalized spacial score (nSPS) is 18.3. The Labute approximate surface area is 228 Å². The minimum atomic E-state index is -0.883. The van der Waals surface area contributed by atoms with Gasteiger partial charge in [0.25, 0.3) is 0 Å². The molecule has 3 aromatic rings. The summed E-state index contributed by atoms with van der Waals surface area (Å²) in [5.41, 5.74) is 2.87. The van der Waals surface area contributed by atoms with Gasteiger partial charge in [-0.3, -0.25) is 14.5 Å². The Hall–Kier alpha value is -4.13. The number of phenolic OH excluding ortho intramolecular Hbond substituents is 1. The highest BCUT2D eigenvalue weighted by Crippen LogP contribution is 2.50. The third-order valence-electron chi connectivity index (χ3n) is 7.25. The molecule has 1 atom stereocenters. The zero-order valence-electron chi connectivity index (χ0n) is 22.6. The van der Waals surface area contributed by atoms with Crippen LogP contribution in [0.2, 0.25) is 0 Å². The lowest BCUT2D eigenvalue weighted by Crippen LogP contribution is -2.41. The number of fused-ring (bicyclic) bond motifs is 1. The largest absolute Gasteiger partial charge is 0.506 e. The molecule has 1 aliphatic heterocycles. The molecule has 0 aromatic heterocycles. The molecular formula is C32H33FN2O4. The Kier molecular flexibility index (Phi) is 6.93. The average molecular weight is 529 g/mol. The molecule has 0 radical (unpaired) electrons. The molecule has 0 saturated carbocycles. The summed E-state index contributed by atoms with van der Waals surface area (Å²) in [4.78, 5) is 29.1. The molecule has 2 aliphatic rings. The number of carbonyl (C=O) groups is 2. The summed E-state index contributed by atoms with van der Waals surface area (Å²) >= 11 is 0. The van der Waals surface area contributed by atoms with E-state index in [2.05, 4.69) is 5.32 Å². The van der Waals surface area contributed by atoms with Gasteiger partial charge in [0.05, 0.1) is 11.7 Å². The number of Topliss-reactive ketones (excluding diaryl/α,β-unsaturated/α-hetero) is 1. The number of halogens is 1. The molecule has 1 unspecified atom stereocenters. The van der Waals surface area contributed by atoms with Crippen LogP contribution in [-0.2, 0) is 16.2 Å². The van der Waals surface area contributed by atoms with Crippen molar-refractivity contribution in [3.8, 4) is 11.5 Å². The van der Waals surface area contributed by atoms with Crippen LogP contribution >= 0.6 is 0 Å². The van der Waals surface area contributed by atoms with Crippen LogP contribution in [-0.4, -0.2) is 16.8 Å². The van der Waals surface area contributed by atoms with Gasteiger partial charge >= 0.3 is 0 Å². The van der Waals surface area contributed by atoms with Crippen LogP contribution in [0.25, 0.3) is 0 Å². The summed E-state index contributed by atoms with van der Waals surface area (Å²) in [5, 5.41) is 14.1. The zero-order valence-corrected chi connectivity index (χ0v) is 22.6. The molecular weight excluding hydrogens is 495 g/mol. The summed E-state index contributed by atoms with van der Waals surface area (Å²) in [7, 11) is 0. The highest BCUT2D eigenvalue weighted by molar-refractivity contribution is 6.07. The highest BCUT2D eigenvalue weighted by atomic mass is 19.1. The summed E-state index contributed by atoms with van der Waals surface area (Å²) in [6, 6.07) is 18.1. The number of rotatable bonds is 5. The fourth-order valence-corrected chi connectivity index (χ4v) is 5.42. The Bertz CT molecular complexity index is 1460. The molecule has 0 fully saturated rings. The van der Waals surface area contributed by atoms with E-state index in [0.29, 0.717) is 34.6 Å². The molecule has 3 aromatic carbocycles. The highest BCUT2D eigenvalue weighted by Gasteiger charge is 2.44. The molecule has 0 bridgehead atoms. The lowest BCUT2D eigenvalue weighted by atomic mass is 9.73. The number of hydrogen-bond donors (Lipinski definition) is 2. The number of phenols is 1. The van der Waals surface area contributed by atoms with E-state index in [1.807, 2.05) is 44.2 Å². The minimum absolute atomic E-state index is 0.0341. The van der Waals surface area contributed by atoms with Crippen LogP contribution in [0.5, 0.6) is 11.5 Å². The number of amides is 1. The quantitative estimate of drug-likeness (QED) is 0.352. The molecule has 7 heteroatoms. The fraction of sp³-hybridized carbons (Fsp3) is 0.312. The Morgan fingerprint density at radius 3 is 2.54 bits per heavy atom. The van der Waals surface area contributed by atoms with E-state index < -0.39 is 17.8 Å². The summed E-state index contributed by atoms with van der Waals surface area (Å²) < 4.78 is 21.3. The number of anilines is 2. The van der Waals surface area contributed by atoms with Gasteiger partial charge in [0.1, 0.15) is 18.0 Å². The van der Waals surface area contributed by atoms with Crippen molar-refractivity contribution in [2.75, 3.05) is 10.2 Å². The van der Waals surface area contributed by atoms with Crippen LogP contribution in [0.4, 0.5) is 15.8 Å². The minimum Gasteiger partial charge on any atom is -0.506 e. The fourth-order valence-electron chi connectivity index (χ4n) is 5.42. The van der Waals surface area contributed by atoms with E-state index in [9.17, 15) is 14.7 Å². The van der Waals surface area contributed by atoms with Crippen LogP contribution in [0.3, 0.4) is 0 Å². The maximum Gasteiger partial charge on any atom is 0.230 e. The van der Waals surface area contributed by atoms with Crippen molar-refractivity contribution in [2.24, 2.45) is 11.3 Å². The Morgan fingerprint density at radius 2 is 1.85 bits per heavy atom. The first kappa shape index (κ1) is 26.5. The number of aromatic hydroxyl groups is 1. The predicted molar refractivity (Wildman–Crippen MR) is 149 cm³/mol. The zero-order chi connectivity index (χ0) is 27.9. The maximum atomic E-state index is 15.5. The van der Waals surface area contributed by atoms with Crippen LogP contribution < -0.4 is 15.0 Å². The van der Waals surface area contributed by atoms with Gasteiger partial charge in [-0.05, 0) is 47.2 Å². The third kappa shape index (κ3) is 5.13. The van der Waals surface area contributed by atoms with Crippen molar-refractivity contribution in [3.63, 3.8) is 0 Å². The van der Waals surface area contributed by atoms with Gasteiger partial charge in [-0.25, -0.2) is 4.39 Å². The van der Waals surface area contributed by atoms with Crippen LogP contribution in [0, 0.1) is 17.2 Å². The number of nitrogens with zero attached hydrogens (tertiary/aromatic N) is 1. The summed E-state index contributed by atoms with van der Waals surface area (Å²) in [6.45, 7) is 7.79. The van der Waals surface area contributed by atoms with Crippen molar-refractivity contribution in [1.82, 2.24) is 0 Å². The molecule has 0 saturated heterocycles. The average Bonchev–Trinajstić information content (AvgIpc) is 3.02. The van der Waals surface area contributed by atoms with Gasteiger partial charge in [-0.1, -0.05) is 70.2 Å². The first-order valence-corrected chi connectivity index (χ1v) is 13.2. The molecule has 6 nitrogen and oxygen atoms in total. The number of benzene rings is 3. The third-order valence-corrected chi connectivity index (χ3v) is 7.25. The van der Waals surface area contributed by atoms with Gasteiger partial charge in [0.2, 0.25) is 5.91 Å². The number of nitrogens with one attached hydrogen (secondary N) is 1. The van der Waals surface area contributed by atoms with Crippen molar-refractivity contribution < 1.29 is 23.8 Å². The second kappa shape index (κ2) is 10.2. The standard InChI is InChI=1S/C32H33FN2O4/c1-19(2)31(38)35-24-11-8-12-25(36)29(24)34-23-16-32(3,4)17-26(37)28(23)30(35)21-13-14-27(22(33)15-21)39-18-20-9-6-5-7-10-20/h5-15,19,30,34,36H,16-18H2,1-4H3. The first-order valence-electron chi connectivity index (χ1n) is 13.2. The number of ether oxygens (including phenoxy) is 1. The summed E-state index contributed by atoms with van der Waals surface area (Å²) in [5.74, 6) is -1.31. The van der Waals surface area contributed by atoms with Gasteiger partial charge in [-0.15, -0.1) is 0 Å². The number of ketones is 1. The van der Waals surface area contributed by atoms with Crippen LogP contribution in [0.1, 0.15) is 57.7 Å². The van der Waals surface area contributed by atoms with Crippen LogP contribution in [0.15, 0.2) is 78.0 Å². The molecule has 39 heavy (non-hydrogen) atoms. The van der Waals surface area contributed by atoms with Gasteiger partial charge < -0.3 is 15.2 Å². The van der Waals surface area contributed by atoms with Gasteiger partial charge in [0, 0.05) is 23.6 Å². The molecule has 202 valence electrons. The smallest absolute Gasteiger partial charge is 0.230 e.